The van der Waals surface area contributed by atoms with Gasteiger partial charge in [-0.25, -0.2) is 12.8 Å². The molecular weight excluding hydrogens is 369 g/mol. The van der Waals surface area contributed by atoms with Gasteiger partial charge < -0.3 is 9.32 Å². The highest BCUT2D eigenvalue weighted by molar-refractivity contribution is 7.91. The molecule has 0 spiro atoms. The highest BCUT2D eigenvalue weighted by Crippen LogP contribution is 2.26. The van der Waals surface area contributed by atoms with E-state index in [1.807, 2.05) is 6.92 Å². The van der Waals surface area contributed by atoms with Crippen LogP contribution >= 0.6 is 0 Å². The van der Waals surface area contributed by atoms with Gasteiger partial charge in [0.1, 0.15) is 17.3 Å². The van der Waals surface area contributed by atoms with E-state index in [0.29, 0.717) is 24.4 Å². The third-order valence-electron chi connectivity index (χ3n) is 4.83. The van der Waals surface area contributed by atoms with Crippen LogP contribution < -0.4 is 0 Å². The minimum Gasteiger partial charge on any atom is -0.459 e. The summed E-state index contributed by atoms with van der Waals surface area (Å²) >= 11 is 0. The summed E-state index contributed by atoms with van der Waals surface area (Å²) < 4.78 is 42.6. The highest BCUT2D eigenvalue weighted by Gasteiger charge is 2.34. The van der Waals surface area contributed by atoms with Crippen LogP contribution in [0, 0.1) is 5.82 Å². The number of rotatable bonds is 7. The van der Waals surface area contributed by atoms with Crippen LogP contribution in [0.4, 0.5) is 4.39 Å². The van der Waals surface area contributed by atoms with Crippen molar-refractivity contribution >= 4 is 15.7 Å². The molecule has 0 aliphatic carbocycles. The average molecular weight is 393 g/mol. The van der Waals surface area contributed by atoms with E-state index in [1.54, 1.807) is 29.2 Å². The number of unbranched alkanes of at least 4 members (excludes halogenated alkanes) is 1. The van der Waals surface area contributed by atoms with E-state index in [4.69, 9.17) is 4.42 Å². The van der Waals surface area contributed by atoms with Crippen LogP contribution in [0.5, 0.6) is 0 Å². The first-order chi connectivity index (χ1) is 12.9. The molecule has 1 aliphatic rings. The smallest absolute Gasteiger partial charge is 0.223 e. The Morgan fingerprint density at radius 1 is 1.22 bits per heavy atom. The van der Waals surface area contributed by atoms with E-state index in [2.05, 4.69) is 0 Å². The molecule has 1 saturated heterocycles. The van der Waals surface area contributed by atoms with Gasteiger partial charge in [0.2, 0.25) is 5.91 Å². The molecule has 1 aromatic carbocycles. The Balaban J connectivity index is 1.77. The third kappa shape index (κ3) is 4.97. The van der Waals surface area contributed by atoms with E-state index < -0.39 is 9.84 Å². The van der Waals surface area contributed by atoms with Crippen molar-refractivity contribution < 1.29 is 22.0 Å². The molecule has 0 radical (unpaired) electrons. The van der Waals surface area contributed by atoms with Crippen LogP contribution in [0.3, 0.4) is 0 Å². The predicted molar refractivity (Wildman–Crippen MR) is 101 cm³/mol. The van der Waals surface area contributed by atoms with E-state index in [0.717, 1.165) is 18.4 Å². The minimum atomic E-state index is -3.09. The summed E-state index contributed by atoms with van der Waals surface area (Å²) in [5.74, 6) is 0.942. The fourth-order valence-electron chi connectivity index (χ4n) is 3.31. The first-order valence-electron chi connectivity index (χ1n) is 9.22. The molecule has 1 aliphatic heterocycles. The van der Waals surface area contributed by atoms with E-state index in [-0.39, 0.29) is 35.8 Å². The molecule has 1 atom stereocenters. The van der Waals surface area contributed by atoms with Gasteiger partial charge in [-0.3, -0.25) is 4.79 Å². The first-order valence-corrected chi connectivity index (χ1v) is 11.0. The second-order valence-electron chi connectivity index (χ2n) is 6.95. The van der Waals surface area contributed by atoms with Crippen molar-refractivity contribution in [1.29, 1.82) is 0 Å². The lowest BCUT2D eigenvalue weighted by molar-refractivity contribution is -0.134. The van der Waals surface area contributed by atoms with Crippen molar-refractivity contribution in [3.8, 4) is 11.3 Å². The molecule has 1 fully saturated rings. The normalized spacial score (nSPS) is 18.5. The Morgan fingerprint density at radius 2 is 1.96 bits per heavy atom. The zero-order valence-electron chi connectivity index (χ0n) is 15.4. The first kappa shape index (κ1) is 19.6. The quantitative estimate of drug-likeness (QED) is 0.718. The lowest BCUT2D eigenvalue weighted by Crippen LogP contribution is -2.40. The average Bonchev–Trinajstić information content (AvgIpc) is 3.24. The minimum absolute atomic E-state index is 0.0103. The van der Waals surface area contributed by atoms with Crippen molar-refractivity contribution in [2.24, 2.45) is 0 Å². The summed E-state index contributed by atoms with van der Waals surface area (Å²) in [6.07, 6.45) is 2.54. The maximum atomic E-state index is 13.1. The lowest BCUT2D eigenvalue weighted by atomic mass is 10.1. The number of benzene rings is 1. The van der Waals surface area contributed by atoms with Crippen LogP contribution in [0.2, 0.25) is 0 Å². The summed E-state index contributed by atoms with van der Waals surface area (Å²) in [5.41, 5.74) is 0.745. The molecule has 2 heterocycles. The molecule has 1 aromatic heterocycles. The fourth-order valence-corrected chi connectivity index (χ4v) is 5.04. The maximum Gasteiger partial charge on any atom is 0.223 e. The van der Waals surface area contributed by atoms with Crippen molar-refractivity contribution in [1.82, 2.24) is 4.90 Å². The molecule has 0 unspecified atom stereocenters. The Kier molecular flexibility index (Phi) is 5.99. The second-order valence-corrected chi connectivity index (χ2v) is 9.18. The number of halogens is 1. The van der Waals surface area contributed by atoms with Crippen molar-refractivity contribution in [2.75, 3.05) is 11.5 Å². The monoisotopic (exact) mass is 393 g/mol. The van der Waals surface area contributed by atoms with Gasteiger partial charge in [0.05, 0.1) is 18.1 Å². The topological polar surface area (TPSA) is 67.6 Å². The van der Waals surface area contributed by atoms with Gasteiger partial charge in [0.15, 0.2) is 9.84 Å². The maximum absolute atomic E-state index is 13.1. The zero-order chi connectivity index (χ0) is 19.4. The lowest BCUT2D eigenvalue weighted by Gasteiger charge is -2.27. The molecule has 27 heavy (non-hydrogen) atoms. The van der Waals surface area contributed by atoms with Crippen molar-refractivity contribution in [3.05, 3.63) is 48.0 Å². The van der Waals surface area contributed by atoms with Crippen LogP contribution in [0.15, 0.2) is 40.8 Å². The highest BCUT2D eigenvalue weighted by atomic mass is 32.2. The standard InChI is InChI=1S/C20H24FNO4S/c1-2-3-4-20(23)22(17-11-12-27(24,25)14-17)13-18-9-10-19(26-18)15-5-7-16(21)8-6-15/h5-10,17H,2-4,11-14H2,1H3/t17-/m1/s1. The molecule has 0 bridgehead atoms. The van der Waals surface area contributed by atoms with E-state index in [9.17, 15) is 17.6 Å². The van der Waals surface area contributed by atoms with Crippen molar-refractivity contribution in [2.45, 2.75) is 45.2 Å². The molecule has 1 amide bonds. The molecule has 5 nitrogen and oxygen atoms in total. The Labute approximate surface area is 159 Å². The fraction of sp³-hybridized carbons (Fsp3) is 0.450. The van der Waals surface area contributed by atoms with Crippen LogP contribution in [-0.2, 0) is 21.2 Å². The number of carbonyl (C=O) groups excluding carboxylic acids is 1. The summed E-state index contributed by atoms with van der Waals surface area (Å²) in [6, 6.07) is 9.24. The van der Waals surface area contributed by atoms with Crippen LogP contribution in [0.1, 0.15) is 38.4 Å². The molecule has 3 rings (SSSR count). The summed E-state index contributed by atoms with van der Waals surface area (Å²) in [4.78, 5) is 14.3. The molecule has 0 saturated carbocycles. The SMILES string of the molecule is CCCCC(=O)N(Cc1ccc(-c2ccc(F)cc2)o1)[C@@H]1CCS(=O)(=O)C1. The Morgan fingerprint density at radius 3 is 2.59 bits per heavy atom. The van der Waals surface area contributed by atoms with Crippen molar-refractivity contribution in [3.63, 3.8) is 0 Å². The molecule has 146 valence electrons. The summed E-state index contributed by atoms with van der Waals surface area (Å²) in [6.45, 7) is 2.25. The Bertz CT molecular complexity index is 889. The third-order valence-corrected chi connectivity index (χ3v) is 6.58. The van der Waals surface area contributed by atoms with Crippen LogP contribution in [-0.4, -0.2) is 36.8 Å². The number of amides is 1. The van der Waals surface area contributed by atoms with Gasteiger partial charge in [0.25, 0.3) is 0 Å². The number of sulfone groups is 1. The van der Waals surface area contributed by atoms with E-state index >= 15 is 0 Å². The largest absolute Gasteiger partial charge is 0.459 e. The number of furan rings is 1. The number of hydrogen-bond donors (Lipinski definition) is 0. The number of carbonyl (C=O) groups is 1. The van der Waals surface area contributed by atoms with Crippen LogP contribution in [0.25, 0.3) is 11.3 Å². The van der Waals surface area contributed by atoms with Gasteiger partial charge in [-0.1, -0.05) is 13.3 Å². The summed E-state index contributed by atoms with van der Waals surface area (Å²) in [5, 5.41) is 0. The van der Waals surface area contributed by atoms with Gasteiger partial charge in [0, 0.05) is 18.0 Å². The van der Waals surface area contributed by atoms with E-state index in [1.165, 1.54) is 12.1 Å². The molecule has 2 aromatic rings. The second kappa shape index (κ2) is 8.25. The molecular formula is C20H24FNO4S. The van der Waals surface area contributed by atoms with Gasteiger partial charge in [-0.2, -0.15) is 0 Å². The van der Waals surface area contributed by atoms with Gasteiger partial charge in [-0.05, 0) is 49.2 Å². The number of nitrogens with zero attached hydrogens (tertiary/aromatic N) is 1. The molecule has 0 N–H and O–H groups in total. The Hall–Kier alpha value is -2.15. The van der Waals surface area contributed by atoms with Gasteiger partial charge >= 0.3 is 0 Å². The zero-order valence-corrected chi connectivity index (χ0v) is 16.2. The predicted octanol–water partition coefficient (Wildman–Crippen LogP) is 3.79. The molecule has 7 heteroatoms. The van der Waals surface area contributed by atoms with Gasteiger partial charge in [-0.15, -0.1) is 0 Å². The summed E-state index contributed by atoms with van der Waals surface area (Å²) in [7, 11) is -3.09. The number of hydrogen-bond acceptors (Lipinski definition) is 4.